The molecule has 0 radical (unpaired) electrons. The van der Waals surface area contributed by atoms with E-state index in [1.54, 1.807) is 24.3 Å². The third-order valence-electron chi connectivity index (χ3n) is 2.84. The standard InChI is InChI=1S/C15H17NO3/c16-15(18,11-17)13-6-8-14(9-7-13)19-10-12-4-2-1-3-5-12/h1-9,17-18H,10-11,16H2. The van der Waals surface area contributed by atoms with Crippen LogP contribution in [0.4, 0.5) is 0 Å². The van der Waals surface area contributed by atoms with E-state index < -0.39 is 12.3 Å². The summed E-state index contributed by atoms with van der Waals surface area (Å²) in [5, 5.41) is 18.6. The van der Waals surface area contributed by atoms with Crippen molar-refractivity contribution < 1.29 is 14.9 Å². The van der Waals surface area contributed by atoms with Crippen molar-refractivity contribution >= 4 is 0 Å². The molecule has 0 aliphatic carbocycles. The third-order valence-corrected chi connectivity index (χ3v) is 2.84. The molecule has 2 aromatic carbocycles. The summed E-state index contributed by atoms with van der Waals surface area (Å²) in [6.07, 6.45) is 0. The van der Waals surface area contributed by atoms with Gasteiger partial charge in [-0.15, -0.1) is 0 Å². The van der Waals surface area contributed by atoms with E-state index in [0.29, 0.717) is 17.9 Å². The number of ether oxygens (including phenoxy) is 1. The molecule has 0 spiro atoms. The van der Waals surface area contributed by atoms with E-state index >= 15 is 0 Å². The number of nitrogens with two attached hydrogens (primary N) is 1. The number of hydrogen-bond acceptors (Lipinski definition) is 4. The summed E-state index contributed by atoms with van der Waals surface area (Å²) in [5.74, 6) is 0.682. The van der Waals surface area contributed by atoms with Crippen molar-refractivity contribution in [3.8, 4) is 5.75 Å². The van der Waals surface area contributed by atoms with E-state index in [1.807, 2.05) is 30.3 Å². The first kappa shape index (κ1) is 13.5. The molecule has 0 fully saturated rings. The first-order chi connectivity index (χ1) is 9.12. The molecule has 0 heterocycles. The molecule has 0 aromatic heterocycles. The molecule has 0 aliphatic heterocycles. The Balaban J connectivity index is 2.00. The molecule has 0 bridgehead atoms. The van der Waals surface area contributed by atoms with Crippen LogP contribution >= 0.6 is 0 Å². The van der Waals surface area contributed by atoms with E-state index in [0.717, 1.165) is 5.56 Å². The minimum absolute atomic E-state index is 0.446. The van der Waals surface area contributed by atoms with Gasteiger partial charge in [0.05, 0.1) is 6.61 Å². The Kier molecular flexibility index (Phi) is 4.16. The second-order valence-corrected chi connectivity index (χ2v) is 4.38. The molecule has 2 aromatic rings. The minimum atomic E-state index is -1.71. The fourth-order valence-electron chi connectivity index (χ4n) is 1.67. The quantitative estimate of drug-likeness (QED) is 0.709. The highest BCUT2D eigenvalue weighted by molar-refractivity contribution is 5.30. The molecule has 0 saturated heterocycles. The van der Waals surface area contributed by atoms with Gasteiger partial charge in [-0.3, -0.25) is 5.73 Å². The van der Waals surface area contributed by atoms with Gasteiger partial charge in [0.25, 0.3) is 0 Å². The molecular formula is C15H17NO3. The van der Waals surface area contributed by atoms with Gasteiger partial charge < -0.3 is 14.9 Å². The van der Waals surface area contributed by atoms with Gasteiger partial charge in [0, 0.05) is 5.56 Å². The van der Waals surface area contributed by atoms with E-state index in [1.165, 1.54) is 0 Å². The number of benzene rings is 2. The van der Waals surface area contributed by atoms with Crippen LogP contribution in [0.3, 0.4) is 0 Å². The van der Waals surface area contributed by atoms with Crippen molar-refractivity contribution in [3.05, 3.63) is 65.7 Å². The average Bonchev–Trinajstić information content (AvgIpc) is 2.47. The maximum Gasteiger partial charge on any atom is 0.163 e. The van der Waals surface area contributed by atoms with E-state index in [-0.39, 0.29) is 0 Å². The molecule has 4 nitrogen and oxygen atoms in total. The van der Waals surface area contributed by atoms with Gasteiger partial charge in [0.2, 0.25) is 0 Å². The van der Waals surface area contributed by atoms with E-state index in [4.69, 9.17) is 15.6 Å². The lowest BCUT2D eigenvalue weighted by atomic mass is 10.0. The smallest absolute Gasteiger partial charge is 0.163 e. The number of hydrogen-bond donors (Lipinski definition) is 3. The summed E-state index contributed by atoms with van der Waals surface area (Å²) in [6.45, 7) is -0.0513. The van der Waals surface area contributed by atoms with Gasteiger partial charge in [-0.05, 0) is 17.7 Å². The van der Waals surface area contributed by atoms with Gasteiger partial charge in [0.1, 0.15) is 12.4 Å². The van der Waals surface area contributed by atoms with Gasteiger partial charge in [0.15, 0.2) is 5.72 Å². The maximum absolute atomic E-state index is 9.68. The van der Waals surface area contributed by atoms with Crippen LogP contribution in [-0.4, -0.2) is 16.8 Å². The Morgan fingerprint density at radius 1 is 1.00 bits per heavy atom. The average molecular weight is 259 g/mol. The highest BCUT2D eigenvalue weighted by Gasteiger charge is 2.22. The summed E-state index contributed by atoms with van der Waals surface area (Å²) in [6, 6.07) is 16.5. The minimum Gasteiger partial charge on any atom is -0.489 e. The van der Waals surface area contributed by atoms with Crippen LogP contribution < -0.4 is 10.5 Å². The van der Waals surface area contributed by atoms with Crippen molar-refractivity contribution in [3.63, 3.8) is 0 Å². The topological polar surface area (TPSA) is 75.7 Å². The monoisotopic (exact) mass is 259 g/mol. The molecular weight excluding hydrogens is 242 g/mol. The second-order valence-electron chi connectivity index (χ2n) is 4.38. The predicted octanol–water partition coefficient (Wildman–Crippen LogP) is 1.36. The first-order valence-electron chi connectivity index (χ1n) is 6.01. The van der Waals surface area contributed by atoms with Gasteiger partial charge in [-0.2, -0.15) is 0 Å². The molecule has 19 heavy (non-hydrogen) atoms. The Hall–Kier alpha value is -1.88. The van der Waals surface area contributed by atoms with E-state index in [2.05, 4.69) is 0 Å². The number of aliphatic hydroxyl groups excluding tert-OH is 1. The zero-order chi connectivity index (χ0) is 13.7. The second kappa shape index (κ2) is 5.84. The van der Waals surface area contributed by atoms with Crippen molar-refractivity contribution in [2.75, 3.05) is 6.61 Å². The Labute approximate surface area is 112 Å². The van der Waals surface area contributed by atoms with Crippen LogP contribution in [0.2, 0.25) is 0 Å². The van der Waals surface area contributed by atoms with E-state index in [9.17, 15) is 5.11 Å². The van der Waals surface area contributed by atoms with Crippen molar-refractivity contribution in [2.45, 2.75) is 12.3 Å². The molecule has 2 rings (SSSR count). The Bertz CT molecular complexity index is 509. The van der Waals surface area contributed by atoms with Gasteiger partial charge in [-0.1, -0.05) is 42.5 Å². The van der Waals surface area contributed by atoms with Crippen molar-refractivity contribution in [1.29, 1.82) is 0 Å². The lowest BCUT2D eigenvalue weighted by Crippen LogP contribution is -2.40. The zero-order valence-corrected chi connectivity index (χ0v) is 10.5. The Morgan fingerprint density at radius 2 is 1.63 bits per heavy atom. The summed E-state index contributed by atoms with van der Waals surface area (Å²) in [5.41, 5.74) is 5.33. The largest absolute Gasteiger partial charge is 0.489 e. The number of aliphatic hydroxyl groups is 2. The fourth-order valence-corrected chi connectivity index (χ4v) is 1.67. The van der Waals surface area contributed by atoms with Crippen LogP contribution in [0.5, 0.6) is 5.75 Å². The van der Waals surface area contributed by atoms with Gasteiger partial charge in [-0.25, -0.2) is 0 Å². The normalized spacial score (nSPS) is 13.8. The van der Waals surface area contributed by atoms with Crippen LogP contribution in [0, 0.1) is 0 Å². The van der Waals surface area contributed by atoms with Crippen molar-refractivity contribution in [1.82, 2.24) is 0 Å². The van der Waals surface area contributed by atoms with Crippen LogP contribution in [0.25, 0.3) is 0 Å². The molecule has 100 valence electrons. The highest BCUT2D eigenvalue weighted by atomic mass is 16.5. The molecule has 1 atom stereocenters. The molecule has 0 amide bonds. The molecule has 1 unspecified atom stereocenters. The SMILES string of the molecule is NC(O)(CO)c1ccc(OCc2ccccc2)cc1. The van der Waals surface area contributed by atoms with Crippen LogP contribution in [0.1, 0.15) is 11.1 Å². The summed E-state index contributed by atoms with van der Waals surface area (Å²) < 4.78 is 5.61. The number of rotatable bonds is 5. The van der Waals surface area contributed by atoms with Gasteiger partial charge >= 0.3 is 0 Å². The first-order valence-corrected chi connectivity index (χ1v) is 6.01. The highest BCUT2D eigenvalue weighted by Crippen LogP contribution is 2.19. The third kappa shape index (κ3) is 3.54. The Morgan fingerprint density at radius 3 is 2.21 bits per heavy atom. The van der Waals surface area contributed by atoms with Crippen LogP contribution in [0.15, 0.2) is 54.6 Å². The fraction of sp³-hybridized carbons (Fsp3) is 0.200. The molecule has 0 saturated carbocycles. The molecule has 4 heteroatoms. The van der Waals surface area contributed by atoms with Crippen LogP contribution in [-0.2, 0) is 12.3 Å². The molecule has 0 aliphatic rings. The summed E-state index contributed by atoms with van der Waals surface area (Å²) in [7, 11) is 0. The predicted molar refractivity (Wildman–Crippen MR) is 72.4 cm³/mol. The maximum atomic E-state index is 9.68. The summed E-state index contributed by atoms with van der Waals surface area (Å²) >= 11 is 0. The lowest BCUT2D eigenvalue weighted by Gasteiger charge is -2.20. The molecule has 4 N–H and O–H groups in total. The van der Waals surface area contributed by atoms with Crippen molar-refractivity contribution in [2.24, 2.45) is 5.73 Å². The zero-order valence-electron chi connectivity index (χ0n) is 10.5. The lowest BCUT2D eigenvalue weighted by molar-refractivity contribution is -0.0136. The summed E-state index contributed by atoms with van der Waals surface area (Å²) in [4.78, 5) is 0.